The van der Waals surface area contributed by atoms with Crippen molar-refractivity contribution in [3.8, 4) is 11.4 Å². The molecule has 1 aromatic heterocycles. The van der Waals surface area contributed by atoms with Crippen molar-refractivity contribution >= 4 is 35.0 Å². The van der Waals surface area contributed by atoms with Crippen molar-refractivity contribution in [3.05, 3.63) is 76.6 Å². The van der Waals surface area contributed by atoms with E-state index in [-0.39, 0.29) is 17.0 Å². The fraction of sp³-hybridized carbons (Fsp3) is 0.0952. The minimum Gasteiger partial charge on any atom is -0.496 e. The molecule has 3 amide bonds. The number of fused-ring (bicyclic) bond motifs is 1. The second kappa shape index (κ2) is 7.10. The standard InChI is InChI=1S/C21H16ClN3O4/c1-24-20(27)13-6-5-12(9-14(13)21(24)28)23-19(26)15-10-16(22)17(11-18(15)29-2)25-7-3-4-8-25/h3-11H,1-2H3,(H,23,26). The van der Waals surface area contributed by atoms with Crippen molar-refractivity contribution in [1.29, 1.82) is 0 Å². The first-order valence-electron chi connectivity index (χ1n) is 8.69. The van der Waals surface area contributed by atoms with Crippen LogP contribution in [0, 0.1) is 0 Å². The normalized spacial score (nSPS) is 12.9. The number of anilines is 1. The Bertz CT molecular complexity index is 1150. The van der Waals surface area contributed by atoms with Gasteiger partial charge in [0.05, 0.1) is 34.5 Å². The van der Waals surface area contributed by atoms with E-state index in [1.54, 1.807) is 12.1 Å². The number of hydrogen-bond donors (Lipinski definition) is 1. The van der Waals surface area contributed by atoms with Gasteiger partial charge in [0.1, 0.15) is 5.75 Å². The van der Waals surface area contributed by atoms with Crippen LogP contribution in [0.25, 0.3) is 5.69 Å². The maximum Gasteiger partial charge on any atom is 0.261 e. The number of carbonyl (C=O) groups excluding carboxylic acids is 3. The van der Waals surface area contributed by atoms with Crippen molar-refractivity contribution in [2.24, 2.45) is 0 Å². The number of halogens is 1. The van der Waals surface area contributed by atoms with Gasteiger partial charge in [-0.1, -0.05) is 11.6 Å². The molecule has 0 saturated carbocycles. The third kappa shape index (κ3) is 3.15. The maximum atomic E-state index is 12.8. The number of imide groups is 1. The van der Waals surface area contributed by atoms with Gasteiger partial charge < -0.3 is 14.6 Å². The summed E-state index contributed by atoms with van der Waals surface area (Å²) in [7, 11) is 2.89. The number of methoxy groups -OCH3 is 1. The van der Waals surface area contributed by atoms with Crippen molar-refractivity contribution in [3.63, 3.8) is 0 Å². The number of carbonyl (C=O) groups is 3. The summed E-state index contributed by atoms with van der Waals surface area (Å²) < 4.78 is 7.19. The Kier molecular flexibility index (Phi) is 4.60. The lowest BCUT2D eigenvalue weighted by atomic mass is 10.1. The lowest BCUT2D eigenvalue weighted by molar-refractivity contribution is 0.0692. The summed E-state index contributed by atoms with van der Waals surface area (Å²) >= 11 is 6.38. The lowest BCUT2D eigenvalue weighted by Crippen LogP contribution is -2.24. The Hall–Kier alpha value is -3.58. The smallest absolute Gasteiger partial charge is 0.261 e. The number of rotatable bonds is 4. The van der Waals surface area contributed by atoms with E-state index in [4.69, 9.17) is 16.3 Å². The van der Waals surface area contributed by atoms with Gasteiger partial charge in [0.25, 0.3) is 17.7 Å². The highest BCUT2D eigenvalue weighted by molar-refractivity contribution is 6.33. The molecule has 3 aromatic rings. The van der Waals surface area contributed by atoms with Crippen LogP contribution in [-0.2, 0) is 0 Å². The molecule has 1 aliphatic rings. The number of aromatic nitrogens is 1. The number of hydrogen-bond acceptors (Lipinski definition) is 4. The molecule has 29 heavy (non-hydrogen) atoms. The number of nitrogens with zero attached hydrogens (tertiary/aromatic N) is 2. The van der Waals surface area contributed by atoms with E-state index in [2.05, 4.69) is 5.32 Å². The van der Waals surface area contributed by atoms with Gasteiger partial charge >= 0.3 is 0 Å². The van der Waals surface area contributed by atoms with Crippen molar-refractivity contribution in [1.82, 2.24) is 9.47 Å². The Labute approximate surface area is 171 Å². The SMILES string of the molecule is COc1cc(-n2cccc2)c(Cl)cc1C(=O)Nc1ccc2c(c1)C(=O)N(C)C2=O. The maximum absolute atomic E-state index is 12.8. The van der Waals surface area contributed by atoms with Gasteiger partial charge in [0, 0.05) is 31.2 Å². The molecule has 0 aliphatic carbocycles. The molecular weight excluding hydrogens is 394 g/mol. The van der Waals surface area contributed by atoms with Crippen LogP contribution >= 0.6 is 11.6 Å². The lowest BCUT2D eigenvalue weighted by Gasteiger charge is -2.14. The molecule has 2 aromatic carbocycles. The van der Waals surface area contributed by atoms with Crippen LogP contribution in [0.3, 0.4) is 0 Å². The van der Waals surface area contributed by atoms with Gasteiger partial charge in [-0.15, -0.1) is 0 Å². The summed E-state index contributed by atoms with van der Waals surface area (Å²) in [5.41, 5.74) is 1.87. The molecule has 1 aliphatic heterocycles. The minimum absolute atomic E-state index is 0.244. The van der Waals surface area contributed by atoms with E-state index < -0.39 is 11.8 Å². The van der Waals surface area contributed by atoms with E-state index in [0.717, 1.165) is 4.90 Å². The second-order valence-corrected chi connectivity index (χ2v) is 6.89. The van der Waals surface area contributed by atoms with Crippen LogP contribution in [0.4, 0.5) is 5.69 Å². The predicted molar refractivity (Wildman–Crippen MR) is 108 cm³/mol. The zero-order chi connectivity index (χ0) is 20.7. The molecule has 0 spiro atoms. The van der Waals surface area contributed by atoms with E-state index in [1.165, 1.54) is 32.4 Å². The molecule has 0 saturated heterocycles. The molecule has 0 radical (unpaired) electrons. The van der Waals surface area contributed by atoms with Crippen LogP contribution in [0.1, 0.15) is 31.1 Å². The minimum atomic E-state index is -0.451. The summed E-state index contributed by atoms with van der Waals surface area (Å²) in [5, 5.41) is 3.11. The zero-order valence-electron chi connectivity index (χ0n) is 15.6. The summed E-state index contributed by atoms with van der Waals surface area (Å²) in [6.07, 6.45) is 3.67. The van der Waals surface area contributed by atoms with Gasteiger partial charge in [-0.05, 0) is 36.4 Å². The van der Waals surface area contributed by atoms with Crippen molar-refractivity contribution in [2.75, 3.05) is 19.5 Å². The second-order valence-electron chi connectivity index (χ2n) is 6.48. The monoisotopic (exact) mass is 409 g/mol. The van der Waals surface area contributed by atoms with Gasteiger partial charge in [0.2, 0.25) is 0 Å². The van der Waals surface area contributed by atoms with Crippen LogP contribution in [0.5, 0.6) is 5.75 Å². The quantitative estimate of drug-likeness (QED) is 0.667. The van der Waals surface area contributed by atoms with Crippen molar-refractivity contribution in [2.45, 2.75) is 0 Å². The molecular formula is C21H16ClN3O4. The molecule has 0 atom stereocenters. The van der Waals surface area contributed by atoms with Gasteiger partial charge in [-0.2, -0.15) is 0 Å². The molecule has 4 rings (SSSR count). The molecule has 8 heteroatoms. The summed E-state index contributed by atoms with van der Waals surface area (Å²) in [6, 6.07) is 11.5. The Morgan fingerprint density at radius 2 is 1.72 bits per heavy atom. The van der Waals surface area contributed by atoms with Crippen molar-refractivity contribution < 1.29 is 19.1 Å². The third-order valence-electron chi connectivity index (χ3n) is 4.74. The van der Waals surface area contributed by atoms with E-state index in [1.807, 2.05) is 29.1 Å². The molecule has 146 valence electrons. The highest BCUT2D eigenvalue weighted by Gasteiger charge is 2.32. The fourth-order valence-electron chi connectivity index (χ4n) is 3.22. The van der Waals surface area contributed by atoms with E-state index in [0.29, 0.717) is 27.7 Å². The first kappa shape index (κ1) is 18.8. The fourth-order valence-corrected chi connectivity index (χ4v) is 3.48. The molecule has 1 N–H and O–H groups in total. The third-order valence-corrected chi connectivity index (χ3v) is 5.05. The van der Waals surface area contributed by atoms with Gasteiger partial charge in [-0.3, -0.25) is 19.3 Å². The average molecular weight is 410 g/mol. The highest BCUT2D eigenvalue weighted by Crippen LogP contribution is 2.31. The number of benzene rings is 2. The van der Waals surface area contributed by atoms with E-state index >= 15 is 0 Å². The van der Waals surface area contributed by atoms with E-state index in [9.17, 15) is 14.4 Å². The molecule has 7 nitrogen and oxygen atoms in total. The first-order valence-corrected chi connectivity index (χ1v) is 9.07. The van der Waals surface area contributed by atoms with Crippen LogP contribution in [-0.4, -0.2) is 41.3 Å². The average Bonchev–Trinajstić information content (AvgIpc) is 3.32. The first-order chi connectivity index (χ1) is 13.9. The van der Waals surface area contributed by atoms with Gasteiger partial charge in [0.15, 0.2) is 0 Å². The summed E-state index contributed by atoms with van der Waals surface area (Å²) in [6.45, 7) is 0. The highest BCUT2D eigenvalue weighted by atomic mass is 35.5. The number of amides is 3. The molecule has 2 heterocycles. The van der Waals surface area contributed by atoms with Crippen LogP contribution < -0.4 is 10.1 Å². The van der Waals surface area contributed by atoms with Gasteiger partial charge in [-0.25, -0.2) is 0 Å². The predicted octanol–water partition coefficient (Wildman–Crippen LogP) is 3.62. The molecule has 0 bridgehead atoms. The number of nitrogens with one attached hydrogen (secondary N) is 1. The molecule has 0 fully saturated rings. The zero-order valence-corrected chi connectivity index (χ0v) is 16.4. The largest absolute Gasteiger partial charge is 0.496 e. The summed E-state index contributed by atoms with van der Waals surface area (Å²) in [4.78, 5) is 38.0. The Balaban J connectivity index is 1.65. The topological polar surface area (TPSA) is 80.6 Å². The Morgan fingerprint density at radius 3 is 2.41 bits per heavy atom. The van der Waals surface area contributed by atoms with Crippen LogP contribution in [0.15, 0.2) is 54.9 Å². The molecule has 0 unspecified atom stereocenters. The number of ether oxygens (including phenoxy) is 1. The van der Waals surface area contributed by atoms with Crippen LogP contribution in [0.2, 0.25) is 5.02 Å². The summed E-state index contributed by atoms with van der Waals surface area (Å²) in [5.74, 6) is -0.870. The Morgan fingerprint density at radius 1 is 1.03 bits per heavy atom.